The standard InChI is InChI=1S/C23H28F3N5O2/c1-22(33,12-23(24,25)26)13-29-16-2-4-17(5-3-16)30-21(32)19-11-18(31-9-8-27-14-31)10-15-6-7-28-20(15)19/h6-11,14,16-17,28-29,33H,2-5,12-13H2,1H3,(H,30,32). The van der Waals surface area contributed by atoms with E-state index in [0.29, 0.717) is 31.2 Å². The second-order valence-electron chi connectivity index (χ2n) is 9.10. The third kappa shape index (κ3) is 5.94. The van der Waals surface area contributed by atoms with E-state index in [4.69, 9.17) is 0 Å². The zero-order valence-corrected chi connectivity index (χ0v) is 18.3. The van der Waals surface area contributed by atoms with Crippen LogP contribution in [0, 0.1) is 0 Å². The summed E-state index contributed by atoms with van der Waals surface area (Å²) in [6, 6.07) is 5.71. The Hall–Kier alpha value is -2.85. The average Bonchev–Trinajstić information content (AvgIpc) is 3.42. The van der Waals surface area contributed by atoms with E-state index < -0.39 is 18.2 Å². The summed E-state index contributed by atoms with van der Waals surface area (Å²) >= 11 is 0. The Morgan fingerprint density at radius 2 is 1.97 bits per heavy atom. The van der Waals surface area contributed by atoms with Crippen molar-refractivity contribution < 1.29 is 23.1 Å². The molecule has 4 rings (SSSR count). The maximum atomic E-state index is 13.1. The van der Waals surface area contributed by atoms with Crippen molar-refractivity contribution >= 4 is 16.8 Å². The molecule has 1 aliphatic carbocycles. The number of fused-ring (bicyclic) bond motifs is 1. The summed E-state index contributed by atoms with van der Waals surface area (Å²) in [5.41, 5.74) is 0.303. The van der Waals surface area contributed by atoms with E-state index in [-0.39, 0.29) is 24.5 Å². The van der Waals surface area contributed by atoms with E-state index in [1.807, 2.05) is 29.0 Å². The van der Waals surface area contributed by atoms with Crippen LogP contribution in [0.4, 0.5) is 13.2 Å². The van der Waals surface area contributed by atoms with Crippen molar-refractivity contribution in [1.29, 1.82) is 0 Å². The highest BCUT2D eigenvalue weighted by atomic mass is 19.4. The van der Waals surface area contributed by atoms with Crippen molar-refractivity contribution in [3.63, 3.8) is 0 Å². The molecule has 2 aromatic heterocycles. The second kappa shape index (κ2) is 9.18. The van der Waals surface area contributed by atoms with Gasteiger partial charge in [0.15, 0.2) is 0 Å². The van der Waals surface area contributed by atoms with Crippen LogP contribution in [0.5, 0.6) is 0 Å². The minimum Gasteiger partial charge on any atom is -0.389 e. The fourth-order valence-electron chi connectivity index (χ4n) is 4.46. The molecule has 10 heteroatoms. The molecule has 0 radical (unpaired) electrons. The Morgan fingerprint density at radius 3 is 2.64 bits per heavy atom. The van der Waals surface area contributed by atoms with Crippen molar-refractivity contribution in [2.75, 3.05) is 6.54 Å². The first-order chi connectivity index (χ1) is 15.6. The predicted octanol–water partition coefficient (Wildman–Crippen LogP) is 3.69. The maximum absolute atomic E-state index is 13.1. The van der Waals surface area contributed by atoms with Crippen LogP contribution in [0.1, 0.15) is 49.4 Å². The molecule has 3 aromatic rings. The van der Waals surface area contributed by atoms with Gasteiger partial charge in [0.25, 0.3) is 5.91 Å². The highest BCUT2D eigenvalue weighted by Crippen LogP contribution is 2.28. The first kappa shape index (κ1) is 23.3. The zero-order valence-electron chi connectivity index (χ0n) is 18.3. The Kier molecular flexibility index (Phi) is 6.49. The molecule has 33 heavy (non-hydrogen) atoms. The number of carbonyl (C=O) groups is 1. The van der Waals surface area contributed by atoms with Gasteiger partial charge in [-0.1, -0.05) is 0 Å². The number of benzene rings is 1. The van der Waals surface area contributed by atoms with Crippen LogP contribution >= 0.6 is 0 Å². The smallest absolute Gasteiger partial charge is 0.389 e. The number of hydrogen-bond acceptors (Lipinski definition) is 4. The first-order valence-electron chi connectivity index (χ1n) is 11.0. The molecule has 7 nitrogen and oxygen atoms in total. The number of carbonyl (C=O) groups excluding carboxylic acids is 1. The lowest BCUT2D eigenvalue weighted by Gasteiger charge is -2.32. The third-order valence-electron chi connectivity index (χ3n) is 6.11. The van der Waals surface area contributed by atoms with E-state index in [0.717, 1.165) is 16.6 Å². The minimum atomic E-state index is -4.41. The van der Waals surface area contributed by atoms with Gasteiger partial charge in [0.05, 0.1) is 29.4 Å². The molecule has 178 valence electrons. The molecular weight excluding hydrogens is 435 g/mol. The lowest BCUT2D eigenvalue weighted by molar-refractivity contribution is -0.171. The van der Waals surface area contributed by atoms with E-state index in [2.05, 4.69) is 20.6 Å². The molecule has 1 amide bonds. The number of imidazole rings is 1. The Balaban J connectivity index is 1.34. The Morgan fingerprint density at radius 1 is 1.24 bits per heavy atom. The average molecular weight is 464 g/mol. The summed E-state index contributed by atoms with van der Waals surface area (Å²) < 4.78 is 39.6. The predicted molar refractivity (Wildman–Crippen MR) is 118 cm³/mol. The van der Waals surface area contributed by atoms with Gasteiger partial charge in [-0.2, -0.15) is 13.2 Å². The molecule has 1 unspecified atom stereocenters. The number of halogens is 3. The van der Waals surface area contributed by atoms with Crippen LogP contribution < -0.4 is 10.6 Å². The van der Waals surface area contributed by atoms with Gasteiger partial charge in [0, 0.05) is 48.3 Å². The van der Waals surface area contributed by atoms with Gasteiger partial charge < -0.3 is 25.3 Å². The number of aromatic nitrogens is 3. The lowest BCUT2D eigenvalue weighted by atomic mass is 9.90. The number of nitrogens with one attached hydrogen (secondary N) is 3. The molecule has 2 heterocycles. The molecule has 1 aromatic carbocycles. The number of nitrogens with zero attached hydrogens (tertiary/aromatic N) is 2. The molecule has 1 atom stereocenters. The summed E-state index contributed by atoms with van der Waals surface area (Å²) in [5, 5.41) is 17.1. The molecule has 4 N–H and O–H groups in total. The fourth-order valence-corrected chi connectivity index (χ4v) is 4.46. The summed E-state index contributed by atoms with van der Waals surface area (Å²) in [4.78, 5) is 20.3. The quantitative estimate of drug-likeness (QED) is 0.430. The Bertz CT molecular complexity index is 1080. The number of amides is 1. The van der Waals surface area contributed by atoms with Gasteiger partial charge >= 0.3 is 6.18 Å². The van der Waals surface area contributed by atoms with Crippen molar-refractivity contribution in [2.45, 2.75) is 62.9 Å². The lowest BCUT2D eigenvalue weighted by Crippen LogP contribution is -2.47. The van der Waals surface area contributed by atoms with Crippen LogP contribution in [0.15, 0.2) is 43.1 Å². The number of rotatable bonds is 7. The molecule has 1 aliphatic rings. The molecule has 1 saturated carbocycles. The molecule has 0 bridgehead atoms. The second-order valence-corrected chi connectivity index (χ2v) is 9.10. The normalized spacial score (nSPS) is 21.1. The molecule has 1 fully saturated rings. The van der Waals surface area contributed by atoms with Gasteiger partial charge in [0.2, 0.25) is 0 Å². The zero-order chi connectivity index (χ0) is 23.6. The van der Waals surface area contributed by atoms with Crippen molar-refractivity contribution in [3.05, 3.63) is 48.7 Å². The van der Waals surface area contributed by atoms with Crippen LogP contribution in [-0.2, 0) is 0 Å². The molecular formula is C23H28F3N5O2. The SMILES string of the molecule is CC(O)(CNC1CCC(NC(=O)c2cc(-n3ccnc3)cc3cc[nH]c23)CC1)CC(F)(F)F. The largest absolute Gasteiger partial charge is 0.391 e. The maximum Gasteiger partial charge on any atom is 0.391 e. The third-order valence-corrected chi connectivity index (χ3v) is 6.11. The summed E-state index contributed by atoms with van der Waals surface area (Å²) in [6.07, 6.45) is 4.14. The van der Waals surface area contributed by atoms with E-state index >= 15 is 0 Å². The molecule has 0 saturated heterocycles. The number of alkyl halides is 3. The number of aromatic amines is 1. The van der Waals surface area contributed by atoms with Gasteiger partial charge in [-0.25, -0.2) is 4.98 Å². The monoisotopic (exact) mass is 463 g/mol. The number of H-pyrrole nitrogens is 1. The van der Waals surface area contributed by atoms with Crippen LogP contribution in [-0.4, -0.2) is 56.0 Å². The topological polar surface area (TPSA) is 95.0 Å². The summed E-state index contributed by atoms with van der Waals surface area (Å²) in [6.45, 7) is 1.07. The minimum absolute atomic E-state index is 0.0116. The molecule has 0 aliphatic heterocycles. The fraction of sp³-hybridized carbons (Fsp3) is 0.478. The van der Waals surface area contributed by atoms with Crippen molar-refractivity contribution in [3.8, 4) is 5.69 Å². The molecule has 0 spiro atoms. The summed E-state index contributed by atoms with van der Waals surface area (Å²) in [7, 11) is 0. The van der Waals surface area contributed by atoms with Gasteiger partial charge in [-0.3, -0.25) is 4.79 Å². The van der Waals surface area contributed by atoms with E-state index in [9.17, 15) is 23.1 Å². The van der Waals surface area contributed by atoms with Crippen LogP contribution in [0.3, 0.4) is 0 Å². The van der Waals surface area contributed by atoms with Crippen LogP contribution in [0.2, 0.25) is 0 Å². The van der Waals surface area contributed by atoms with Gasteiger partial charge in [0.1, 0.15) is 0 Å². The summed E-state index contributed by atoms with van der Waals surface area (Å²) in [5.74, 6) is -0.172. The highest BCUT2D eigenvalue weighted by molar-refractivity contribution is 6.06. The number of aliphatic hydroxyl groups is 1. The van der Waals surface area contributed by atoms with Gasteiger partial charge in [-0.05, 0) is 50.8 Å². The van der Waals surface area contributed by atoms with E-state index in [1.165, 1.54) is 6.92 Å². The highest BCUT2D eigenvalue weighted by Gasteiger charge is 2.38. The van der Waals surface area contributed by atoms with Crippen LogP contribution in [0.25, 0.3) is 16.6 Å². The number of hydrogen-bond donors (Lipinski definition) is 4. The van der Waals surface area contributed by atoms with E-state index in [1.54, 1.807) is 18.7 Å². The van der Waals surface area contributed by atoms with Crippen molar-refractivity contribution in [1.82, 2.24) is 25.2 Å². The van der Waals surface area contributed by atoms with Crippen molar-refractivity contribution in [2.24, 2.45) is 0 Å². The van der Waals surface area contributed by atoms with Gasteiger partial charge in [-0.15, -0.1) is 0 Å². The Labute approximate surface area is 189 Å². The first-order valence-corrected chi connectivity index (χ1v) is 11.0.